The fourth-order valence-electron chi connectivity index (χ4n) is 2.89. The second-order valence-corrected chi connectivity index (χ2v) is 6.15. The maximum atomic E-state index is 11.7. The van der Waals surface area contributed by atoms with Gasteiger partial charge in [0.05, 0.1) is 29.9 Å². The van der Waals surface area contributed by atoms with E-state index in [0.717, 1.165) is 16.8 Å². The zero-order chi connectivity index (χ0) is 18.8. The summed E-state index contributed by atoms with van der Waals surface area (Å²) in [5, 5.41) is 5.93. The number of cyclic esters (lactones) is 1. The molecule has 1 aromatic heterocycles. The van der Waals surface area contributed by atoms with Crippen LogP contribution in [0.5, 0.6) is 0 Å². The number of benzene rings is 1. The van der Waals surface area contributed by atoms with Crippen molar-refractivity contribution in [1.29, 1.82) is 0 Å². The van der Waals surface area contributed by atoms with Crippen molar-refractivity contribution in [3.05, 3.63) is 71.9 Å². The number of allylic oxidation sites excluding steroid dienone is 2. The highest BCUT2D eigenvalue weighted by Crippen LogP contribution is 2.29. The van der Waals surface area contributed by atoms with Crippen LogP contribution in [-0.4, -0.2) is 21.8 Å². The first-order valence-corrected chi connectivity index (χ1v) is 8.38. The summed E-state index contributed by atoms with van der Waals surface area (Å²) in [6.07, 6.45) is 9.08. The first-order chi connectivity index (χ1) is 13.1. The monoisotopic (exact) mass is 360 g/mol. The molecule has 0 saturated carbocycles. The number of hydrogen-bond acceptors (Lipinski definition) is 6. The molecule has 0 bridgehead atoms. The third-order valence-electron chi connectivity index (χ3n) is 4.10. The van der Waals surface area contributed by atoms with Crippen LogP contribution in [0.15, 0.2) is 71.9 Å². The Bertz CT molecular complexity index is 1040. The number of ether oxygens (including phenoxy) is 1. The highest BCUT2D eigenvalue weighted by Gasteiger charge is 2.25. The van der Waals surface area contributed by atoms with E-state index >= 15 is 0 Å². The van der Waals surface area contributed by atoms with Gasteiger partial charge in [-0.15, -0.1) is 0 Å². The third-order valence-corrected chi connectivity index (χ3v) is 4.10. The summed E-state index contributed by atoms with van der Waals surface area (Å²) in [4.78, 5) is 31.7. The van der Waals surface area contributed by atoms with Gasteiger partial charge in [-0.2, -0.15) is 0 Å². The van der Waals surface area contributed by atoms with E-state index in [4.69, 9.17) is 4.74 Å². The fraction of sp³-hybridized carbons (Fsp3) is 0.100. The molecule has 2 aromatic rings. The largest absolute Gasteiger partial charge is 0.431 e. The number of carbonyl (C=O) groups is 2. The van der Waals surface area contributed by atoms with Gasteiger partial charge in [-0.1, -0.05) is 18.2 Å². The highest BCUT2D eigenvalue weighted by molar-refractivity contribution is 5.97. The number of aromatic nitrogens is 2. The minimum absolute atomic E-state index is 0.134. The van der Waals surface area contributed by atoms with E-state index < -0.39 is 0 Å². The van der Waals surface area contributed by atoms with Crippen molar-refractivity contribution in [2.75, 3.05) is 10.6 Å². The van der Waals surface area contributed by atoms with E-state index in [2.05, 4.69) is 20.6 Å². The Balaban J connectivity index is 1.56. The van der Waals surface area contributed by atoms with Crippen LogP contribution in [-0.2, 0) is 14.3 Å². The first kappa shape index (κ1) is 16.7. The average Bonchev–Trinajstić information content (AvgIpc) is 3.02. The molecule has 27 heavy (non-hydrogen) atoms. The Morgan fingerprint density at radius 1 is 1.26 bits per heavy atom. The highest BCUT2D eigenvalue weighted by atomic mass is 16.5. The van der Waals surface area contributed by atoms with Crippen LogP contribution < -0.4 is 10.6 Å². The quantitative estimate of drug-likeness (QED) is 0.814. The van der Waals surface area contributed by atoms with Crippen molar-refractivity contribution in [2.45, 2.75) is 13.3 Å². The van der Waals surface area contributed by atoms with Gasteiger partial charge in [-0.05, 0) is 24.6 Å². The summed E-state index contributed by atoms with van der Waals surface area (Å²) in [5.41, 5.74) is 4.39. The van der Waals surface area contributed by atoms with Gasteiger partial charge in [0.1, 0.15) is 5.82 Å². The second-order valence-electron chi connectivity index (χ2n) is 6.15. The lowest BCUT2D eigenvalue weighted by atomic mass is 9.99. The van der Waals surface area contributed by atoms with Gasteiger partial charge < -0.3 is 15.4 Å². The number of carbonyl (C=O) groups excluding carboxylic acids is 2. The Kier molecular flexibility index (Phi) is 4.25. The molecule has 134 valence electrons. The predicted octanol–water partition coefficient (Wildman–Crippen LogP) is 3.17. The molecule has 2 heterocycles. The molecule has 7 heteroatoms. The Morgan fingerprint density at radius 3 is 3.00 bits per heavy atom. The fourth-order valence-corrected chi connectivity index (χ4v) is 2.89. The van der Waals surface area contributed by atoms with E-state index in [-0.39, 0.29) is 11.9 Å². The standard InChI is InChI=1S/C20H16N4O3/c1-12(25)22-15-4-2-3-13(7-15)18-9-21-10-19(24-18)23-16-6-5-14-11-27-20(26)17(14)8-16/h2-4,6-11H,5H2,1H3,(H,22,25)(H,23,24). The summed E-state index contributed by atoms with van der Waals surface area (Å²) in [5.74, 6) is 0.0797. The van der Waals surface area contributed by atoms with Gasteiger partial charge in [-0.25, -0.2) is 9.78 Å². The van der Waals surface area contributed by atoms with Crippen LogP contribution in [0.3, 0.4) is 0 Å². The molecule has 0 spiro atoms. The Morgan fingerprint density at radius 2 is 2.15 bits per heavy atom. The number of nitrogens with one attached hydrogen (secondary N) is 2. The lowest BCUT2D eigenvalue weighted by molar-refractivity contribution is -0.132. The topological polar surface area (TPSA) is 93.2 Å². The molecule has 0 radical (unpaired) electrons. The Labute approximate surface area is 155 Å². The summed E-state index contributed by atoms with van der Waals surface area (Å²) < 4.78 is 4.93. The van der Waals surface area contributed by atoms with Crippen LogP contribution in [0.1, 0.15) is 13.3 Å². The predicted molar refractivity (Wildman–Crippen MR) is 100 cm³/mol. The summed E-state index contributed by atoms with van der Waals surface area (Å²) in [6, 6.07) is 7.39. The first-order valence-electron chi connectivity index (χ1n) is 8.38. The SMILES string of the molecule is CC(=O)Nc1cccc(-c2cncc(NC3=CCC4=COC(=O)C4=C3)n2)c1. The number of nitrogens with zero attached hydrogens (tertiary/aromatic N) is 2. The van der Waals surface area contributed by atoms with Gasteiger partial charge in [0, 0.05) is 29.4 Å². The van der Waals surface area contributed by atoms with Crippen LogP contribution in [0.25, 0.3) is 11.3 Å². The van der Waals surface area contributed by atoms with Gasteiger partial charge in [-0.3, -0.25) is 9.78 Å². The number of esters is 1. The number of rotatable bonds is 4. The number of anilines is 2. The van der Waals surface area contributed by atoms with Crippen LogP contribution >= 0.6 is 0 Å². The minimum Gasteiger partial charge on any atom is -0.431 e. The molecule has 1 amide bonds. The smallest absolute Gasteiger partial charge is 0.343 e. The van der Waals surface area contributed by atoms with Gasteiger partial charge >= 0.3 is 5.97 Å². The molecule has 7 nitrogen and oxygen atoms in total. The van der Waals surface area contributed by atoms with Crippen LogP contribution in [0.4, 0.5) is 11.5 Å². The molecule has 2 aliphatic rings. The van der Waals surface area contributed by atoms with Crippen LogP contribution in [0.2, 0.25) is 0 Å². The summed E-state index contributed by atoms with van der Waals surface area (Å²) in [7, 11) is 0. The number of fused-ring (bicyclic) bond motifs is 1. The van der Waals surface area contributed by atoms with Crippen molar-refractivity contribution in [1.82, 2.24) is 9.97 Å². The van der Waals surface area contributed by atoms with Gasteiger partial charge in [0.15, 0.2) is 0 Å². The summed E-state index contributed by atoms with van der Waals surface area (Å²) in [6.45, 7) is 1.46. The molecule has 4 rings (SSSR count). The number of amides is 1. The molecular formula is C20H16N4O3. The number of hydrogen-bond donors (Lipinski definition) is 2. The van der Waals surface area contributed by atoms with Gasteiger partial charge in [0.2, 0.25) is 5.91 Å². The molecule has 2 N–H and O–H groups in total. The molecule has 0 saturated heterocycles. The van der Waals surface area contributed by atoms with Crippen molar-refractivity contribution in [3.8, 4) is 11.3 Å². The van der Waals surface area contributed by atoms with Gasteiger partial charge in [0.25, 0.3) is 0 Å². The van der Waals surface area contributed by atoms with E-state index in [1.807, 2.05) is 30.3 Å². The Hall–Kier alpha value is -3.74. The zero-order valence-corrected chi connectivity index (χ0v) is 14.5. The second kappa shape index (κ2) is 6.87. The molecule has 0 fully saturated rings. The average molecular weight is 360 g/mol. The van der Waals surface area contributed by atoms with Crippen molar-refractivity contribution < 1.29 is 14.3 Å². The minimum atomic E-state index is -0.341. The van der Waals surface area contributed by atoms with E-state index in [9.17, 15) is 9.59 Å². The van der Waals surface area contributed by atoms with Crippen molar-refractivity contribution >= 4 is 23.4 Å². The molecular weight excluding hydrogens is 344 g/mol. The zero-order valence-electron chi connectivity index (χ0n) is 14.5. The summed E-state index contributed by atoms with van der Waals surface area (Å²) >= 11 is 0. The van der Waals surface area contributed by atoms with E-state index in [0.29, 0.717) is 29.2 Å². The molecule has 0 unspecified atom stereocenters. The normalized spacial score (nSPS) is 15.1. The van der Waals surface area contributed by atoms with Crippen molar-refractivity contribution in [2.24, 2.45) is 0 Å². The molecule has 1 aromatic carbocycles. The molecule has 1 aliphatic carbocycles. The van der Waals surface area contributed by atoms with E-state index in [1.165, 1.54) is 13.2 Å². The maximum absolute atomic E-state index is 11.7. The third kappa shape index (κ3) is 3.62. The maximum Gasteiger partial charge on any atom is 0.343 e. The van der Waals surface area contributed by atoms with Crippen LogP contribution in [0, 0.1) is 0 Å². The molecule has 0 atom stereocenters. The lowest BCUT2D eigenvalue weighted by Crippen LogP contribution is -2.08. The molecule has 1 aliphatic heterocycles. The van der Waals surface area contributed by atoms with Crippen molar-refractivity contribution in [3.63, 3.8) is 0 Å². The lowest BCUT2D eigenvalue weighted by Gasteiger charge is -2.13. The van der Waals surface area contributed by atoms with E-state index in [1.54, 1.807) is 18.5 Å².